The van der Waals surface area contributed by atoms with Gasteiger partial charge in [0.05, 0.1) is 38.6 Å². The van der Waals surface area contributed by atoms with Crippen LogP contribution in [0.5, 0.6) is 0 Å². The number of hydrogen-bond acceptors (Lipinski definition) is 4. The van der Waals surface area contributed by atoms with Crippen LogP contribution < -0.4 is 0 Å². The molecular formula is C18H30O4. The van der Waals surface area contributed by atoms with Crippen molar-refractivity contribution in [1.29, 1.82) is 0 Å². The van der Waals surface area contributed by atoms with Gasteiger partial charge >= 0.3 is 0 Å². The van der Waals surface area contributed by atoms with Crippen LogP contribution in [-0.2, 0) is 19.0 Å². The number of rotatable bonds is 12. The Kier molecular flexibility index (Phi) is 12.0. The Morgan fingerprint density at radius 2 is 1.18 bits per heavy atom. The van der Waals surface area contributed by atoms with Crippen molar-refractivity contribution in [3.05, 3.63) is 35.5 Å². The summed E-state index contributed by atoms with van der Waals surface area (Å²) in [5.41, 5.74) is 0. The molecule has 0 spiro atoms. The molecule has 0 aromatic carbocycles. The van der Waals surface area contributed by atoms with Gasteiger partial charge in [0.15, 0.2) is 0 Å². The minimum Gasteiger partial charge on any atom is -0.502 e. The lowest BCUT2D eigenvalue weighted by molar-refractivity contribution is -0.116. The number of ketones is 1. The van der Waals surface area contributed by atoms with E-state index < -0.39 is 0 Å². The molecule has 0 radical (unpaired) electrons. The average molecular weight is 310 g/mol. The molecule has 0 aliphatic rings. The van der Waals surface area contributed by atoms with Gasteiger partial charge in [-0.1, -0.05) is 0 Å². The highest BCUT2D eigenvalue weighted by atomic mass is 16.5. The molecule has 4 heteroatoms. The van der Waals surface area contributed by atoms with Gasteiger partial charge in [0.2, 0.25) is 0 Å². The van der Waals surface area contributed by atoms with Crippen LogP contribution in [0.3, 0.4) is 0 Å². The third-order valence-electron chi connectivity index (χ3n) is 3.30. The molecule has 0 unspecified atom stereocenters. The van der Waals surface area contributed by atoms with Crippen molar-refractivity contribution in [2.45, 2.75) is 52.4 Å². The van der Waals surface area contributed by atoms with Crippen molar-refractivity contribution < 1.29 is 19.0 Å². The molecule has 0 bridgehead atoms. The van der Waals surface area contributed by atoms with E-state index in [2.05, 4.69) is 12.2 Å². The maximum atomic E-state index is 10.9. The highest BCUT2D eigenvalue weighted by Gasteiger charge is 2.00. The first kappa shape index (κ1) is 20.3. The molecular weight excluding hydrogens is 280 g/mol. The van der Waals surface area contributed by atoms with Gasteiger partial charge in [-0.25, -0.2) is 0 Å². The molecule has 0 aromatic rings. The van der Waals surface area contributed by atoms with Gasteiger partial charge in [-0.15, -0.1) is 0 Å². The van der Waals surface area contributed by atoms with Crippen LogP contribution in [0, 0.1) is 0 Å². The first-order valence-corrected chi connectivity index (χ1v) is 7.69. The van der Waals surface area contributed by atoms with Crippen molar-refractivity contribution in [1.82, 2.24) is 0 Å². The summed E-state index contributed by atoms with van der Waals surface area (Å²) in [6, 6.07) is 0. The van der Waals surface area contributed by atoms with Crippen molar-refractivity contribution in [3.63, 3.8) is 0 Å². The first-order valence-electron chi connectivity index (χ1n) is 7.69. The lowest BCUT2D eigenvalue weighted by Gasteiger charge is -2.07. The zero-order chi connectivity index (χ0) is 16.8. The fourth-order valence-corrected chi connectivity index (χ4v) is 1.89. The number of carbonyl (C=O) groups is 1. The Labute approximate surface area is 134 Å². The van der Waals surface area contributed by atoms with Crippen LogP contribution >= 0.6 is 0 Å². The predicted molar refractivity (Wildman–Crippen MR) is 89.3 cm³/mol. The van der Waals surface area contributed by atoms with Gasteiger partial charge < -0.3 is 19.0 Å². The van der Waals surface area contributed by atoms with Crippen molar-refractivity contribution >= 4 is 5.78 Å². The van der Waals surface area contributed by atoms with Crippen LogP contribution in [0.4, 0.5) is 0 Å². The van der Waals surface area contributed by atoms with Crippen LogP contribution in [0.2, 0.25) is 0 Å². The normalized spacial score (nSPS) is 13.0. The van der Waals surface area contributed by atoms with Gasteiger partial charge in [-0.3, -0.25) is 0 Å². The van der Waals surface area contributed by atoms with E-state index in [-0.39, 0.29) is 5.78 Å². The number of ether oxygens (including phenoxy) is 3. The van der Waals surface area contributed by atoms with E-state index in [9.17, 15) is 4.79 Å². The van der Waals surface area contributed by atoms with Crippen molar-refractivity contribution in [2.24, 2.45) is 0 Å². The van der Waals surface area contributed by atoms with E-state index in [1.807, 2.05) is 13.0 Å². The minimum absolute atomic E-state index is 0.202. The second-order valence-electron chi connectivity index (χ2n) is 5.09. The van der Waals surface area contributed by atoms with Gasteiger partial charge in [-0.05, 0) is 51.3 Å². The Bertz CT molecular complexity index is 405. The number of allylic oxidation sites excluding steroid dienone is 6. The summed E-state index contributed by atoms with van der Waals surface area (Å²) >= 11 is 0. The molecule has 126 valence electrons. The Balaban J connectivity index is 4.25. The molecule has 0 N–H and O–H groups in total. The van der Waals surface area contributed by atoms with E-state index in [1.165, 1.54) is 0 Å². The maximum Gasteiger partial charge on any atom is 0.130 e. The smallest absolute Gasteiger partial charge is 0.130 e. The van der Waals surface area contributed by atoms with Gasteiger partial charge in [0.25, 0.3) is 0 Å². The molecule has 0 aromatic heterocycles. The number of Topliss-reactive ketones (excluding diaryl/α,β-unsaturated/α-hetero) is 1. The monoisotopic (exact) mass is 310 g/mol. The van der Waals surface area contributed by atoms with Crippen LogP contribution in [0.1, 0.15) is 52.4 Å². The topological polar surface area (TPSA) is 44.8 Å². The summed E-state index contributed by atoms with van der Waals surface area (Å²) in [5, 5.41) is 0. The molecule has 0 rings (SSSR count). The SMILES string of the molecule is COC(C)=CCC/C(=C\CC/C(=C\CCC(C)=O)OC)OC. The fourth-order valence-electron chi connectivity index (χ4n) is 1.89. The van der Waals surface area contributed by atoms with Crippen LogP contribution in [0.25, 0.3) is 0 Å². The molecule has 0 aliphatic carbocycles. The van der Waals surface area contributed by atoms with Gasteiger partial charge in [0, 0.05) is 19.3 Å². The Hall–Kier alpha value is -1.71. The molecule has 0 fully saturated rings. The highest BCUT2D eigenvalue weighted by Crippen LogP contribution is 2.14. The third kappa shape index (κ3) is 11.0. The molecule has 0 saturated carbocycles. The summed E-state index contributed by atoms with van der Waals surface area (Å²) in [7, 11) is 5.03. The van der Waals surface area contributed by atoms with E-state index in [0.29, 0.717) is 6.42 Å². The molecule has 0 atom stereocenters. The molecule has 0 aliphatic heterocycles. The van der Waals surface area contributed by atoms with Crippen molar-refractivity contribution in [3.8, 4) is 0 Å². The number of methoxy groups -OCH3 is 3. The summed E-state index contributed by atoms with van der Waals surface area (Å²) in [6.07, 6.45) is 10.9. The standard InChI is InChI=1S/C18H30O4/c1-15(19)9-6-11-17(21-4)13-8-14-18(22-5)12-7-10-16(2)20-3/h10-11,14H,6-9,12-13H2,1-5H3/b16-10?,17-11+,18-14+. The number of hydrogen-bond donors (Lipinski definition) is 0. The average Bonchev–Trinajstić information content (AvgIpc) is 2.51. The Morgan fingerprint density at radius 1 is 0.727 bits per heavy atom. The maximum absolute atomic E-state index is 10.9. The minimum atomic E-state index is 0.202. The number of carbonyl (C=O) groups excluding carboxylic acids is 1. The van der Waals surface area contributed by atoms with Crippen LogP contribution in [0.15, 0.2) is 35.5 Å². The van der Waals surface area contributed by atoms with E-state index >= 15 is 0 Å². The fraction of sp³-hybridized carbons (Fsp3) is 0.611. The predicted octanol–water partition coefficient (Wildman–Crippen LogP) is 4.53. The molecule has 0 heterocycles. The molecule has 22 heavy (non-hydrogen) atoms. The van der Waals surface area contributed by atoms with Crippen molar-refractivity contribution in [2.75, 3.05) is 21.3 Å². The highest BCUT2D eigenvalue weighted by molar-refractivity contribution is 5.75. The second-order valence-corrected chi connectivity index (χ2v) is 5.09. The zero-order valence-corrected chi connectivity index (χ0v) is 14.6. The lowest BCUT2D eigenvalue weighted by Crippen LogP contribution is -1.92. The van der Waals surface area contributed by atoms with E-state index in [0.717, 1.165) is 49.4 Å². The quantitative estimate of drug-likeness (QED) is 0.497. The van der Waals surface area contributed by atoms with E-state index in [4.69, 9.17) is 14.2 Å². The molecule has 0 saturated heterocycles. The largest absolute Gasteiger partial charge is 0.502 e. The third-order valence-corrected chi connectivity index (χ3v) is 3.30. The Morgan fingerprint density at radius 3 is 1.59 bits per heavy atom. The molecule has 0 amide bonds. The van der Waals surface area contributed by atoms with E-state index in [1.54, 1.807) is 28.3 Å². The summed E-state index contributed by atoms with van der Waals surface area (Å²) in [6.45, 7) is 3.54. The van der Waals surface area contributed by atoms with Gasteiger partial charge in [0.1, 0.15) is 5.78 Å². The summed E-state index contributed by atoms with van der Waals surface area (Å²) < 4.78 is 15.8. The summed E-state index contributed by atoms with van der Waals surface area (Å²) in [5.74, 6) is 3.01. The van der Waals surface area contributed by atoms with Crippen LogP contribution in [-0.4, -0.2) is 27.1 Å². The molecule has 4 nitrogen and oxygen atoms in total. The zero-order valence-electron chi connectivity index (χ0n) is 14.6. The summed E-state index contributed by atoms with van der Waals surface area (Å²) in [4.78, 5) is 10.9. The first-order chi connectivity index (χ1) is 10.5. The second kappa shape index (κ2) is 13.0. The van der Waals surface area contributed by atoms with Gasteiger partial charge in [-0.2, -0.15) is 0 Å². The lowest BCUT2D eigenvalue weighted by atomic mass is 10.1.